The number of carbonyl (C=O) groups excluding carboxylic acids is 2. The maximum Gasteiger partial charge on any atom is 0.282 e. The van der Waals surface area contributed by atoms with Crippen molar-refractivity contribution in [2.45, 2.75) is 39.7 Å². The Labute approximate surface area is 196 Å². The second-order valence-electron chi connectivity index (χ2n) is 8.99. The monoisotopic (exact) mass is 447 g/mol. The van der Waals surface area contributed by atoms with Gasteiger partial charge in [-0.1, -0.05) is 24.3 Å². The van der Waals surface area contributed by atoms with E-state index in [-0.39, 0.29) is 17.9 Å². The van der Waals surface area contributed by atoms with E-state index in [1.54, 1.807) is 0 Å². The van der Waals surface area contributed by atoms with Crippen molar-refractivity contribution in [1.82, 2.24) is 9.80 Å². The quantitative estimate of drug-likeness (QED) is 0.627. The van der Waals surface area contributed by atoms with Crippen LogP contribution in [0.15, 0.2) is 48.2 Å². The summed E-state index contributed by atoms with van der Waals surface area (Å²) in [5, 5.41) is 0. The molecule has 2 aliphatic rings. The molecule has 0 spiro atoms. The number of aryl methyl sites for hydroxylation is 1. The van der Waals surface area contributed by atoms with Gasteiger partial charge in [0.1, 0.15) is 11.4 Å². The molecule has 0 radical (unpaired) electrons. The molecule has 1 saturated heterocycles. The van der Waals surface area contributed by atoms with Crippen LogP contribution < -0.4 is 9.64 Å². The standard InChI is InChI=1S/C27H33N3O3/c1-6-33-22-12-10-20(11-13-22)24-25(29(5)21-14-16-28(4)17-15-21)27(32)30(26(24)31)23-9-7-8-18(2)19(23)3/h7-13,21H,6,14-17H2,1-5H3. The van der Waals surface area contributed by atoms with Crippen molar-refractivity contribution in [3.8, 4) is 5.75 Å². The summed E-state index contributed by atoms with van der Waals surface area (Å²) in [5.74, 6) is 0.224. The van der Waals surface area contributed by atoms with Crippen molar-refractivity contribution in [2.24, 2.45) is 0 Å². The molecule has 6 heteroatoms. The Balaban J connectivity index is 1.79. The third-order valence-electron chi connectivity index (χ3n) is 6.92. The highest BCUT2D eigenvalue weighted by molar-refractivity contribution is 6.45. The first-order chi connectivity index (χ1) is 15.8. The lowest BCUT2D eigenvalue weighted by Gasteiger charge is -2.36. The first kappa shape index (κ1) is 23.1. The Hall–Kier alpha value is -3.12. The number of piperidine rings is 1. The van der Waals surface area contributed by atoms with Gasteiger partial charge in [-0.2, -0.15) is 0 Å². The van der Waals surface area contributed by atoms with Crippen molar-refractivity contribution < 1.29 is 14.3 Å². The fourth-order valence-corrected chi connectivity index (χ4v) is 4.75. The summed E-state index contributed by atoms with van der Waals surface area (Å²) < 4.78 is 5.58. The third-order valence-corrected chi connectivity index (χ3v) is 6.92. The Kier molecular flexibility index (Phi) is 6.56. The summed E-state index contributed by atoms with van der Waals surface area (Å²) in [6.07, 6.45) is 1.91. The van der Waals surface area contributed by atoms with Crippen LogP contribution in [0.3, 0.4) is 0 Å². The lowest BCUT2D eigenvalue weighted by atomic mass is 10.00. The van der Waals surface area contributed by atoms with Crippen LogP contribution in [-0.4, -0.2) is 61.4 Å². The average molecular weight is 448 g/mol. The van der Waals surface area contributed by atoms with Gasteiger partial charge >= 0.3 is 0 Å². The first-order valence-electron chi connectivity index (χ1n) is 11.7. The fourth-order valence-electron chi connectivity index (χ4n) is 4.75. The van der Waals surface area contributed by atoms with Crippen molar-refractivity contribution in [2.75, 3.05) is 38.7 Å². The summed E-state index contributed by atoms with van der Waals surface area (Å²) in [6, 6.07) is 13.4. The third kappa shape index (κ3) is 4.27. The van der Waals surface area contributed by atoms with Gasteiger partial charge in [0.15, 0.2) is 0 Å². The number of rotatable bonds is 6. The van der Waals surface area contributed by atoms with E-state index in [9.17, 15) is 9.59 Å². The van der Waals surface area contributed by atoms with Crippen molar-refractivity contribution >= 4 is 23.1 Å². The topological polar surface area (TPSA) is 53.1 Å². The molecule has 33 heavy (non-hydrogen) atoms. The zero-order valence-corrected chi connectivity index (χ0v) is 20.2. The number of imide groups is 1. The molecule has 1 fully saturated rings. The van der Waals surface area contributed by atoms with Gasteiger partial charge in [0, 0.05) is 13.1 Å². The Bertz CT molecular complexity index is 1080. The Morgan fingerprint density at radius 2 is 1.67 bits per heavy atom. The largest absolute Gasteiger partial charge is 0.494 e. The van der Waals surface area contributed by atoms with Gasteiger partial charge < -0.3 is 14.5 Å². The van der Waals surface area contributed by atoms with Gasteiger partial charge in [0.25, 0.3) is 11.8 Å². The van der Waals surface area contributed by atoms with E-state index in [2.05, 4.69) is 11.9 Å². The molecule has 0 unspecified atom stereocenters. The fraction of sp³-hybridized carbons (Fsp3) is 0.407. The molecule has 2 aliphatic heterocycles. The molecule has 4 rings (SSSR count). The molecule has 0 bridgehead atoms. The SMILES string of the molecule is CCOc1ccc(C2=C(N(C)C3CCN(C)CC3)C(=O)N(c3cccc(C)c3C)C2=O)cc1. The predicted molar refractivity (Wildman–Crippen MR) is 131 cm³/mol. The predicted octanol–water partition coefficient (Wildman–Crippen LogP) is 4.01. The second kappa shape index (κ2) is 9.40. The second-order valence-corrected chi connectivity index (χ2v) is 8.99. The highest BCUT2D eigenvalue weighted by atomic mass is 16.5. The number of hydrogen-bond donors (Lipinski definition) is 0. The summed E-state index contributed by atoms with van der Waals surface area (Å²) in [4.78, 5) is 33.4. The van der Waals surface area contributed by atoms with E-state index in [0.29, 0.717) is 23.6 Å². The highest BCUT2D eigenvalue weighted by Gasteiger charge is 2.43. The van der Waals surface area contributed by atoms with E-state index in [4.69, 9.17) is 4.74 Å². The molecule has 0 atom stereocenters. The number of amides is 2. The number of hydrogen-bond acceptors (Lipinski definition) is 5. The smallest absolute Gasteiger partial charge is 0.282 e. The van der Waals surface area contributed by atoms with Crippen LogP contribution in [0.4, 0.5) is 5.69 Å². The van der Waals surface area contributed by atoms with E-state index in [0.717, 1.165) is 48.4 Å². The molecule has 174 valence electrons. The zero-order valence-electron chi connectivity index (χ0n) is 20.2. The maximum absolute atomic E-state index is 13.9. The van der Waals surface area contributed by atoms with Crippen molar-refractivity contribution in [1.29, 1.82) is 0 Å². The molecule has 0 saturated carbocycles. The lowest BCUT2D eigenvalue weighted by Crippen LogP contribution is -2.43. The number of carbonyl (C=O) groups is 2. The van der Waals surface area contributed by atoms with Gasteiger partial charge in [-0.3, -0.25) is 9.59 Å². The van der Waals surface area contributed by atoms with Crippen LogP contribution >= 0.6 is 0 Å². The minimum Gasteiger partial charge on any atom is -0.494 e. The number of likely N-dealkylation sites (N-methyl/N-ethyl adjacent to an activating group) is 1. The van der Waals surface area contributed by atoms with Crippen LogP contribution in [-0.2, 0) is 9.59 Å². The van der Waals surface area contributed by atoms with Crippen molar-refractivity contribution in [3.05, 3.63) is 64.9 Å². The summed E-state index contributed by atoms with van der Waals surface area (Å²) in [6.45, 7) is 8.42. The first-order valence-corrected chi connectivity index (χ1v) is 11.7. The number of likely N-dealkylation sites (tertiary alicyclic amines) is 1. The molecule has 2 amide bonds. The number of benzene rings is 2. The van der Waals surface area contributed by atoms with E-state index in [1.807, 2.05) is 75.2 Å². The van der Waals surface area contributed by atoms with Crippen LogP contribution in [0.5, 0.6) is 5.75 Å². The van der Waals surface area contributed by atoms with E-state index >= 15 is 0 Å². The minimum absolute atomic E-state index is 0.212. The normalized spacial score (nSPS) is 17.8. The number of ether oxygens (including phenoxy) is 1. The Morgan fingerprint density at radius 3 is 2.30 bits per heavy atom. The van der Waals surface area contributed by atoms with Crippen LogP contribution in [0.1, 0.15) is 36.5 Å². The molecular formula is C27H33N3O3. The summed E-state index contributed by atoms with van der Waals surface area (Å²) >= 11 is 0. The van der Waals surface area contributed by atoms with Crippen LogP contribution in [0.2, 0.25) is 0 Å². The van der Waals surface area contributed by atoms with Gasteiger partial charge in [0.05, 0.1) is 17.9 Å². The number of nitrogens with zero attached hydrogens (tertiary/aromatic N) is 3. The van der Waals surface area contributed by atoms with Gasteiger partial charge in [-0.25, -0.2) is 4.90 Å². The molecule has 2 aromatic carbocycles. The van der Waals surface area contributed by atoms with Gasteiger partial charge in [0.2, 0.25) is 0 Å². The molecule has 2 heterocycles. The maximum atomic E-state index is 13.9. The summed E-state index contributed by atoms with van der Waals surface area (Å²) in [5.41, 5.74) is 4.32. The van der Waals surface area contributed by atoms with Crippen LogP contribution in [0, 0.1) is 13.8 Å². The lowest BCUT2D eigenvalue weighted by molar-refractivity contribution is -0.120. The molecular weight excluding hydrogens is 414 g/mol. The minimum atomic E-state index is -0.271. The summed E-state index contributed by atoms with van der Waals surface area (Å²) in [7, 11) is 4.07. The van der Waals surface area contributed by atoms with Gasteiger partial charge in [-0.05, 0) is 88.6 Å². The molecule has 0 aromatic heterocycles. The average Bonchev–Trinajstić information content (AvgIpc) is 3.06. The van der Waals surface area contributed by atoms with Crippen molar-refractivity contribution in [3.63, 3.8) is 0 Å². The number of anilines is 1. The molecule has 0 N–H and O–H groups in total. The molecule has 2 aromatic rings. The van der Waals surface area contributed by atoms with Gasteiger partial charge in [-0.15, -0.1) is 0 Å². The van der Waals surface area contributed by atoms with E-state index < -0.39 is 0 Å². The van der Waals surface area contributed by atoms with E-state index in [1.165, 1.54) is 4.90 Å². The molecule has 6 nitrogen and oxygen atoms in total. The molecule has 0 aliphatic carbocycles. The van der Waals surface area contributed by atoms with Crippen LogP contribution in [0.25, 0.3) is 5.57 Å². The Morgan fingerprint density at radius 1 is 1.00 bits per heavy atom. The zero-order chi connectivity index (χ0) is 23.7. The highest BCUT2D eigenvalue weighted by Crippen LogP contribution is 2.38.